The third-order valence-electron chi connectivity index (χ3n) is 6.75. The van der Waals surface area contributed by atoms with Crippen molar-refractivity contribution in [1.82, 2.24) is 10.6 Å². The van der Waals surface area contributed by atoms with Crippen LogP contribution in [-0.2, 0) is 19.1 Å². The van der Waals surface area contributed by atoms with Crippen molar-refractivity contribution in [3.63, 3.8) is 0 Å². The molecule has 0 bridgehead atoms. The van der Waals surface area contributed by atoms with Gasteiger partial charge < -0.3 is 25.2 Å². The molecule has 0 radical (unpaired) electrons. The van der Waals surface area contributed by atoms with Gasteiger partial charge in [0.05, 0.1) is 12.5 Å². The van der Waals surface area contributed by atoms with Crippen LogP contribution in [0.5, 0.6) is 0 Å². The van der Waals surface area contributed by atoms with Gasteiger partial charge in [-0.15, -0.1) is 0 Å². The standard InChI is InChI=1S/C27H32N2O6/c1-2-34-18-13-11-17(12-14-18)28-26(32)24(15-25(30)31)29-27(33)35-16-23-21-9-5-3-7-19(21)20-8-4-6-10-22(20)23/h3-10,17-18,23-24H,2,11-16H2,1H3,(H,28,32)(H,29,33)(H,30,31). The Morgan fingerprint density at radius 3 is 2.14 bits per heavy atom. The Morgan fingerprint density at radius 1 is 0.971 bits per heavy atom. The van der Waals surface area contributed by atoms with Crippen LogP contribution in [0.2, 0.25) is 0 Å². The molecule has 0 spiro atoms. The molecule has 2 aliphatic rings. The lowest BCUT2D eigenvalue weighted by atomic mass is 9.92. The number of carbonyl (C=O) groups is 3. The van der Waals surface area contributed by atoms with E-state index in [1.807, 2.05) is 55.5 Å². The Bertz CT molecular complexity index is 1020. The first-order valence-corrected chi connectivity index (χ1v) is 12.2. The minimum absolute atomic E-state index is 0.0696. The zero-order chi connectivity index (χ0) is 24.8. The molecule has 1 atom stereocenters. The van der Waals surface area contributed by atoms with E-state index in [1.54, 1.807) is 0 Å². The molecule has 4 rings (SSSR count). The van der Waals surface area contributed by atoms with Crippen LogP contribution in [0.4, 0.5) is 4.79 Å². The predicted molar refractivity (Wildman–Crippen MR) is 130 cm³/mol. The third kappa shape index (κ3) is 6.00. The van der Waals surface area contributed by atoms with Gasteiger partial charge in [0.15, 0.2) is 0 Å². The average molecular weight is 481 g/mol. The fourth-order valence-corrected chi connectivity index (χ4v) is 5.08. The molecule has 8 heteroatoms. The SMILES string of the molecule is CCOC1CCC(NC(=O)C(CC(=O)O)NC(=O)OCC2c3ccccc3-c3ccccc32)CC1. The van der Waals surface area contributed by atoms with Gasteiger partial charge >= 0.3 is 12.1 Å². The summed E-state index contributed by atoms with van der Waals surface area (Å²) in [6.07, 6.45) is 2.03. The average Bonchev–Trinajstić information content (AvgIpc) is 3.17. The monoisotopic (exact) mass is 480 g/mol. The van der Waals surface area contributed by atoms with Crippen LogP contribution in [0.15, 0.2) is 48.5 Å². The minimum atomic E-state index is -1.22. The molecule has 2 aliphatic carbocycles. The minimum Gasteiger partial charge on any atom is -0.481 e. The summed E-state index contributed by atoms with van der Waals surface area (Å²) in [6.45, 7) is 2.70. The molecule has 1 unspecified atom stereocenters. The van der Waals surface area contributed by atoms with Gasteiger partial charge in [-0.3, -0.25) is 9.59 Å². The smallest absolute Gasteiger partial charge is 0.407 e. The molecule has 0 heterocycles. The molecule has 2 amide bonds. The number of hydrogen-bond acceptors (Lipinski definition) is 5. The Labute approximate surface area is 205 Å². The van der Waals surface area contributed by atoms with Gasteiger partial charge in [-0.2, -0.15) is 0 Å². The summed E-state index contributed by atoms with van der Waals surface area (Å²) in [5.41, 5.74) is 4.37. The Balaban J connectivity index is 1.34. The van der Waals surface area contributed by atoms with E-state index in [2.05, 4.69) is 10.6 Å². The van der Waals surface area contributed by atoms with Crippen LogP contribution in [0.25, 0.3) is 11.1 Å². The number of carboxylic acids is 1. The second kappa shape index (κ2) is 11.4. The highest BCUT2D eigenvalue weighted by Gasteiger charge is 2.31. The summed E-state index contributed by atoms with van der Waals surface area (Å²) in [5, 5.41) is 14.6. The lowest BCUT2D eigenvalue weighted by Crippen LogP contribution is -2.51. The van der Waals surface area contributed by atoms with E-state index >= 15 is 0 Å². The topological polar surface area (TPSA) is 114 Å². The van der Waals surface area contributed by atoms with Crippen LogP contribution in [0.3, 0.4) is 0 Å². The predicted octanol–water partition coefficient (Wildman–Crippen LogP) is 3.83. The maximum absolute atomic E-state index is 12.8. The summed E-state index contributed by atoms with van der Waals surface area (Å²) in [7, 11) is 0. The zero-order valence-electron chi connectivity index (χ0n) is 19.9. The molecule has 35 heavy (non-hydrogen) atoms. The second-order valence-corrected chi connectivity index (χ2v) is 9.06. The quantitative estimate of drug-likeness (QED) is 0.503. The first-order valence-electron chi connectivity index (χ1n) is 12.2. The fourth-order valence-electron chi connectivity index (χ4n) is 5.08. The second-order valence-electron chi connectivity index (χ2n) is 9.06. The number of fused-ring (bicyclic) bond motifs is 3. The van der Waals surface area contributed by atoms with Gasteiger partial charge in [0.2, 0.25) is 5.91 Å². The number of alkyl carbamates (subject to hydrolysis) is 1. The molecule has 1 saturated carbocycles. The Morgan fingerprint density at radius 2 is 1.57 bits per heavy atom. The number of nitrogens with one attached hydrogen (secondary N) is 2. The van der Waals surface area contributed by atoms with Gasteiger partial charge in [-0.25, -0.2) is 4.79 Å². The van der Waals surface area contributed by atoms with E-state index < -0.39 is 30.4 Å². The zero-order valence-corrected chi connectivity index (χ0v) is 19.9. The lowest BCUT2D eigenvalue weighted by molar-refractivity contribution is -0.140. The van der Waals surface area contributed by atoms with Crippen molar-refractivity contribution in [2.24, 2.45) is 0 Å². The fraction of sp³-hybridized carbons (Fsp3) is 0.444. The number of aliphatic carboxylic acids is 1. The first kappa shape index (κ1) is 24.7. The largest absolute Gasteiger partial charge is 0.481 e. The Kier molecular flexibility index (Phi) is 8.02. The number of carbonyl (C=O) groups excluding carboxylic acids is 2. The van der Waals surface area contributed by atoms with Crippen LogP contribution in [0.1, 0.15) is 56.1 Å². The van der Waals surface area contributed by atoms with Crippen LogP contribution >= 0.6 is 0 Å². The highest BCUT2D eigenvalue weighted by atomic mass is 16.5. The van der Waals surface area contributed by atoms with Gasteiger partial charge in [0.25, 0.3) is 0 Å². The van der Waals surface area contributed by atoms with E-state index in [-0.39, 0.29) is 24.7 Å². The van der Waals surface area contributed by atoms with Crippen molar-refractivity contribution in [1.29, 1.82) is 0 Å². The highest BCUT2D eigenvalue weighted by molar-refractivity contribution is 5.89. The highest BCUT2D eigenvalue weighted by Crippen LogP contribution is 2.44. The van der Waals surface area contributed by atoms with Crippen molar-refractivity contribution in [3.05, 3.63) is 59.7 Å². The van der Waals surface area contributed by atoms with Crippen molar-refractivity contribution < 1.29 is 29.0 Å². The molecule has 1 fully saturated rings. The van der Waals surface area contributed by atoms with Crippen molar-refractivity contribution in [2.45, 2.75) is 63.1 Å². The van der Waals surface area contributed by atoms with Crippen molar-refractivity contribution in [2.75, 3.05) is 13.2 Å². The molecule has 186 valence electrons. The van der Waals surface area contributed by atoms with E-state index in [0.717, 1.165) is 47.9 Å². The van der Waals surface area contributed by atoms with Gasteiger partial charge in [0.1, 0.15) is 12.6 Å². The molecule has 2 aromatic carbocycles. The van der Waals surface area contributed by atoms with Crippen LogP contribution in [-0.4, -0.2) is 54.5 Å². The van der Waals surface area contributed by atoms with Gasteiger partial charge in [-0.05, 0) is 54.9 Å². The van der Waals surface area contributed by atoms with E-state index in [1.165, 1.54) is 0 Å². The number of carboxylic acid groups (broad SMARTS) is 1. The maximum Gasteiger partial charge on any atom is 0.407 e. The molecule has 2 aromatic rings. The third-order valence-corrected chi connectivity index (χ3v) is 6.75. The van der Waals surface area contributed by atoms with Crippen LogP contribution < -0.4 is 10.6 Å². The number of benzene rings is 2. The normalized spacial score (nSPS) is 19.8. The molecule has 0 saturated heterocycles. The summed E-state index contributed by atoms with van der Waals surface area (Å²) < 4.78 is 11.1. The molecule has 0 aliphatic heterocycles. The van der Waals surface area contributed by atoms with Gasteiger partial charge in [-0.1, -0.05) is 48.5 Å². The summed E-state index contributed by atoms with van der Waals surface area (Å²) in [6, 6.07) is 14.7. The number of hydrogen-bond donors (Lipinski definition) is 3. The Hall–Kier alpha value is -3.39. The molecular formula is C27H32N2O6. The molecular weight excluding hydrogens is 448 g/mol. The van der Waals surface area contributed by atoms with E-state index in [4.69, 9.17) is 9.47 Å². The lowest BCUT2D eigenvalue weighted by Gasteiger charge is -2.30. The first-order chi connectivity index (χ1) is 17.0. The van der Waals surface area contributed by atoms with E-state index in [0.29, 0.717) is 6.61 Å². The van der Waals surface area contributed by atoms with Crippen molar-refractivity contribution >= 4 is 18.0 Å². The number of rotatable bonds is 9. The van der Waals surface area contributed by atoms with E-state index in [9.17, 15) is 19.5 Å². The summed E-state index contributed by atoms with van der Waals surface area (Å²) >= 11 is 0. The maximum atomic E-state index is 12.8. The summed E-state index contributed by atoms with van der Waals surface area (Å²) in [4.78, 5) is 36.8. The summed E-state index contributed by atoms with van der Waals surface area (Å²) in [5.74, 6) is -1.81. The number of ether oxygens (including phenoxy) is 2. The number of amides is 2. The van der Waals surface area contributed by atoms with Gasteiger partial charge in [0, 0.05) is 18.6 Å². The molecule has 0 aromatic heterocycles. The van der Waals surface area contributed by atoms with Crippen molar-refractivity contribution in [3.8, 4) is 11.1 Å². The molecule has 3 N–H and O–H groups in total. The van der Waals surface area contributed by atoms with Crippen LogP contribution in [0, 0.1) is 0 Å². The molecule has 8 nitrogen and oxygen atoms in total.